The first-order chi connectivity index (χ1) is 34.0. The summed E-state index contributed by atoms with van der Waals surface area (Å²) in [5.41, 5.74) is -1.03. The maximum absolute atomic E-state index is 14.6. The number of anilines is 1. The van der Waals surface area contributed by atoms with E-state index in [0.717, 1.165) is 36.6 Å². The summed E-state index contributed by atoms with van der Waals surface area (Å²) in [6, 6.07) is 7.26. The predicted octanol–water partition coefficient (Wildman–Crippen LogP) is 3.07. The number of nitrogens with one attached hydrogen (secondary N) is 3. The lowest BCUT2D eigenvalue weighted by Gasteiger charge is -2.62. The van der Waals surface area contributed by atoms with Crippen LogP contribution in [0.3, 0.4) is 0 Å². The molecule has 1 aromatic heterocycles. The molecule has 2 spiro atoms. The first-order valence-corrected chi connectivity index (χ1v) is 26.2. The Balaban J connectivity index is 0.676. The van der Waals surface area contributed by atoms with Crippen LogP contribution in [0.4, 0.5) is 19.4 Å². The molecule has 7 N–H and O–H groups in total. The molecule has 8 fully saturated rings. The van der Waals surface area contributed by atoms with Gasteiger partial charge in [0.2, 0.25) is 29.6 Å². The SMILES string of the molecule is O=C(CCC(=O)NC12CC3CC(C1)C1(OOC4(CCCC(OC(=O)Nc5ccn(C6OC(CO)C(O)C6(F)F)c(=O)n5)C4)O1)C(C3)C2)NCCCN1C(C(=O)O)CSC1C1CSC(c2ccccc2O)=N1. The van der Waals surface area contributed by atoms with Gasteiger partial charge in [0.25, 0.3) is 0 Å². The van der Waals surface area contributed by atoms with E-state index in [-0.39, 0.29) is 65.9 Å². The lowest BCUT2D eigenvalue weighted by molar-refractivity contribution is -0.392. The Morgan fingerprint density at radius 3 is 2.51 bits per heavy atom. The fourth-order valence-electron chi connectivity index (χ4n) is 12.2. The van der Waals surface area contributed by atoms with Crippen LogP contribution in [0.25, 0.3) is 0 Å². The Labute approximate surface area is 414 Å². The number of phenols is 1. The molecule has 4 bridgehead atoms. The number of carbonyl (C=O) groups is 4. The van der Waals surface area contributed by atoms with Gasteiger partial charge in [-0.05, 0) is 75.5 Å². The zero-order valence-electron chi connectivity index (χ0n) is 38.5. The number of carboxylic acid groups (broad SMARTS) is 1. The molecule has 21 nitrogen and oxygen atoms in total. The number of halogens is 2. The number of alkyl halides is 2. The van der Waals surface area contributed by atoms with Gasteiger partial charge in [0.1, 0.15) is 34.9 Å². The van der Waals surface area contributed by atoms with Crippen LogP contribution < -0.4 is 21.6 Å². The van der Waals surface area contributed by atoms with Crippen LogP contribution >= 0.6 is 23.5 Å². The average Bonchev–Trinajstić information content (AvgIpc) is 4.11. The van der Waals surface area contributed by atoms with Crippen LogP contribution in [0.5, 0.6) is 5.75 Å². The molecular weight excluding hydrogens is 977 g/mol. The summed E-state index contributed by atoms with van der Waals surface area (Å²) in [6.45, 7) is -0.146. The lowest BCUT2D eigenvalue weighted by Crippen LogP contribution is -2.69. The largest absolute Gasteiger partial charge is 0.507 e. The number of aliphatic hydroxyl groups is 2. The third-order valence-corrected chi connectivity index (χ3v) is 17.8. The molecule has 10 unspecified atom stereocenters. The Kier molecular flexibility index (Phi) is 13.9. The number of aliphatic imine (C=N–C) groups is 1. The third-order valence-electron chi connectivity index (χ3n) is 15.2. The fourth-order valence-corrected chi connectivity index (χ4v) is 15.0. The Hall–Kier alpha value is -4.47. The number of aliphatic carboxylic acids is 1. The minimum absolute atomic E-state index is 0.000955. The number of amides is 3. The summed E-state index contributed by atoms with van der Waals surface area (Å²) in [4.78, 5) is 87.1. The number of rotatable bonds is 15. The van der Waals surface area contributed by atoms with Gasteiger partial charge in [0, 0.05) is 79.4 Å². The Morgan fingerprint density at radius 1 is 1.00 bits per heavy atom. The summed E-state index contributed by atoms with van der Waals surface area (Å²) in [7, 11) is 0. The van der Waals surface area contributed by atoms with Crippen LogP contribution in [0, 0.1) is 17.8 Å². The summed E-state index contributed by atoms with van der Waals surface area (Å²) in [6.07, 6.45) is -1.13. The molecule has 0 radical (unpaired) electrons. The maximum Gasteiger partial charge on any atom is 0.413 e. The first kappa shape index (κ1) is 50.1. The Morgan fingerprint density at radius 2 is 1.77 bits per heavy atom. The topological polar surface area (TPSA) is 282 Å². The summed E-state index contributed by atoms with van der Waals surface area (Å²) in [5.74, 6) is -6.50. The van der Waals surface area contributed by atoms with Crippen LogP contribution in [0.1, 0.15) is 88.8 Å². The molecule has 2 aromatic rings. The van der Waals surface area contributed by atoms with Gasteiger partial charge in [-0.25, -0.2) is 9.59 Å². The van der Waals surface area contributed by atoms with Crippen LogP contribution in [-0.4, -0.2) is 154 Å². The normalized spacial score (nSPS) is 36.8. The molecule has 71 heavy (non-hydrogen) atoms. The van der Waals surface area contributed by atoms with Gasteiger partial charge in [-0.2, -0.15) is 23.5 Å². The number of aliphatic hydroxyl groups excluding tert-OH is 2. The average molecular weight is 1030 g/mol. The van der Waals surface area contributed by atoms with E-state index in [1.165, 1.54) is 0 Å². The van der Waals surface area contributed by atoms with Crippen molar-refractivity contribution >= 4 is 58.3 Å². The standard InChI is InChI=1S/C46H57F2N7O14S2/c47-45(48)36(60)32(21-56)66-40(45)55-14-10-33(51-41(55)63)52-42(64)65-27-5-3-11-44(20-27)67-46(69-68-44)25-15-24-16-26(46)19-43(17-24,18-25)53-35(59)9-8-34(58)49-12-4-13-54-30(39(61)62)23-71-38(54)29-22-70-37(50-29)28-6-1-2-7-31(28)57/h1-2,6-7,10,14,24-27,29-30,32,36,38,40,56-57,60H,3-5,8-9,11-13,15-23H2,(H,49,58)(H,53,59)(H,61,62)(H,51,52,63,64). The second-order valence-corrected chi connectivity index (χ2v) is 22.2. The number of aromatic hydroxyl groups is 1. The minimum atomic E-state index is -3.90. The third kappa shape index (κ3) is 9.77. The second kappa shape index (κ2) is 19.8. The number of carboxylic acids is 1. The minimum Gasteiger partial charge on any atom is -0.507 e. The highest BCUT2D eigenvalue weighted by atomic mass is 32.2. The van der Waals surface area contributed by atoms with Crippen LogP contribution in [-0.2, 0) is 38.4 Å². The van der Waals surface area contributed by atoms with Crippen molar-refractivity contribution in [3.63, 3.8) is 0 Å². The quantitative estimate of drug-likeness (QED) is 0.0997. The van der Waals surface area contributed by atoms with Crippen LogP contribution in [0.15, 0.2) is 46.3 Å². The number of nitrogens with zero attached hydrogens (tertiary/aromatic N) is 4. The van der Waals surface area contributed by atoms with Crippen molar-refractivity contribution in [2.75, 3.05) is 36.5 Å². The van der Waals surface area contributed by atoms with E-state index in [2.05, 4.69) is 20.9 Å². The van der Waals surface area contributed by atoms with Crippen molar-refractivity contribution in [2.24, 2.45) is 22.7 Å². The van der Waals surface area contributed by atoms with Crippen molar-refractivity contribution in [1.82, 2.24) is 25.1 Å². The molecular formula is C46H57F2N7O14S2. The van der Waals surface area contributed by atoms with Gasteiger partial charge in [-0.3, -0.25) is 34.2 Å². The number of aromatic nitrogens is 2. The van der Waals surface area contributed by atoms with Gasteiger partial charge in [-0.15, -0.1) is 23.5 Å². The van der Waals surface area contributed by atoms with Gasteiger partial charge in [-0.1, -0.05) is 12.1 Å². The molecule has 5 heterocycles. The molecule has 3 amide bonds. The summed E-state index contributed by atoms with van der Waals surface area (Å²) < 4.78 is 47.3. The number of thioether (sulfide) groups is 2. The van der Waals surface area contributed by atoms with Crippen molar-refractivity contribution in [2.45, 2.75) is 142 Å². The number of carbonyl (C=O) groups excluding carboxylic acids is 3. The van der Waals surface area contributed by atoms with E-state index in [1.807, 2.05) is 17.0 Å². The molecule has 4 aliphatic heterocycles. The van der Waals surface area contributed by atoms with Crippen molar-refractivity contribution in [3.8, 4) is 5.75 Å². The smallest absolute Gasteiger partial charge is 0.413 e. The van der Waals surface area contributed by atoms with Gasteiger partial charge < -0.3 is 45.3 Å². The molecule has 5 saturated carbocycles. The Bertz CT molecular complexity index is 2480. The van der Waals surface area contributed by atoms with E-state index in [1.54, 1.807) is 35.7 Å². The van der Waals surface area contributed by atoms with E-state index in [4.69, 9.17) is 29.0 Å². The van der Waals surface area contributed by atoms with Crippen molar-refractivity contribution < 1.29 is 72.4 Å². The zero-order valence-corrected chi connectivity index (χ0v) is 40.1. The molecule has 25 heteroatoms. The molecule has 1 aromatic carbocycles. The number of ether oxygens (including phenoxy) is 3. The molecule has 3 saturated heterocycles. The lowest BCUT2D eigenvalue weighted by atomic mass is 9.50. The van der Waals surface area contributed by atoms with E-state index in [9.17, 15) is 53.2 Å². The number of phenolic OH excluding ortho intramolecular Hbond substituents is 1. The summed E-state index contributed by atoms with van der Waals surface area (Å²) in [5, 5.41) is 48.6. The van der Waals surface area contributed by atoms with Crippen LogP contribution in [0.2, 0.25) is 0 Å². The first-order valence-electron chi connectivity index (χ1n) is 24.1. The molecule has 9 aliphatic rings. The number of para-hydroxylation sites is 1. The maximum atomic E-state index is 14.6. The molecule has 11 rings (SSSR count). The van der Waals surface area contributed by atoms with Gasteiger partial charge in [0.05, 0.1) is 18.0 Å². The molecule has 5 aliphatic carbocycles. The number of benzene rings is 1. The van der Waals surface area contributed by atoms with E-state index >= 15 is 0 Å². The number of hydrogen-bond acceptors (Lipinski definition) is 18. The van der Waals surface area contributed by atoms with Crippen molar-refractivity contribution in [3.05, 3.63) is 52.6 Å². The molecule has 386 valence electrons. The highest BCUT2D eigenvalue weighted by Crippen LogP contribution is 2.65. The molecule has 10 atom stereocenters. The monoisotopic (exact) mass is 1030 g/mol. The zero-order chi connectivity index (χ0) is 49.9. The van der Waals surface area contributed by atoms with Gasteiger partial charge in [0.15, 0.2) is 6.10 Å². The second-order valence-electron chi connectivity index (χ2n) is 20.0. The fraction of sp³-hybridized carbons (Fsp3) is 0.674. The predicted molar refractivity (Wildman–Crippen MR) is 248 cm³/mol. The van der Waals surface area contributed by atoms with Crippen molar-refractivity contribution in [1.29, 1.82) is 0 Å². The number of hydrogen-bond donors (Lipinski definition) is 7. The highest BCUT2D eigenvalue weighted by Gasteiger charge is 2.70. The van der Waals surface area contributed by atoms with E-state index < -0.39 is 78.0 Å². The van der Waals surface area contributed by atoms with Gasteiger partial charge >= 0.3 is 23.7 Å². The van der Waals surface area contributed by atoms with E-state index in [0.29, 0.717) is 79.2 Å². The summed E-state index contributed by atoms with van der Waals surface area (Å²) >= 11 is 3.10. The highest BCUT2D eigenvalue weighted by molar-refractivity contribution is 8.14.